The van der Waals surface area contributed by atoms with E-state index in [4.69, 9.17) is 0 Å². The molecule has 1 aliphatic rings. The van der Waals surface area contributed by atoms with Crippen LogP contribution < -0.4 is 5.32 Å². The minimum Gasteiger partial charge on any atom is -0.364 e. The molecule has 0 radical (unpaired) electrons. The number of piperidine rings is 1. The fraction of sp³-hybridized carbons (Fsp3) is 0.476. The summed E-state index contributed by atoms with van der Waals surface area (Å²) in [4.78, 5) is 23.2. The monoisotopic (exact) mass is 352 g/mol. The first-order valence-electron chi connectivity index (χ1n) is 9.34. The molecule has 0 bridgehead atoms. The molecule has 1 aromatic carbocycles. The van der Waals surface area contributed by atoms with Gasteiger partial charge in [-0.3, -0.25) is 4.79 Å². The Morgan fingerprint density at radius 2 is 1.81 bits per heavy atom. The first kappa shape index (κ1) is 18.4. The van der Waals surface area contributed by atoms with Gasteiger partial charge in [0, 0.05) is 18.6 Å². The van der Waals surface area contributed by atoms with Gasteiger partial charge in [-0.1, -0.05) is 30.3 Å². The van der Waals surface area contributed by atoms with Crippen LogP contribution >= 0.6 is 0 Å². The van der Waals surface area contributed by atoms with E-state index in [1.54, 1.807) is 12.4 Å². The van der Waals surface area contributed by atoms with E-state index in [2.05, 4.69) is 60.3 Å². The van der Waals surface area contributed by atoms with Crippen LogP contribution in [0.25, 0.3) is 0 Å². The number of aromatic nitrogens is 2. The summed E-state index contributed by atoms with van der Waals surface area (Å²) in [5.41, 5.74) is 1.72. The summed E-state index contributed by atoms with van der Waals surface area (Å²) in [6.45, 7) is 7.77. The van der Waals surface area contributed by atoms with Crippen molar-refractivity contribution in [1.82, 2.24) is 14.9 Å². The van der Waals surface area contributed by atoms with Gasteiger partial charge in [0.25, 0.3) is 5.91 Å². The van der Waals surface area contributed by atoms with Crippen molar-refractivity contribution in [2.75, 3.05) is 18.4 Å². The van der Waals surface area contributed by atoms with Crippen LogP contribution in [0.15, 0.2) is 42.7 Å². The van der Waals surface area contributed by atoms with Gasteiger partial charge in [-0.05, 0) is 51.5 Å². The van der Waals surface area contributed by atoms with Crippen molar-refractivity contribution in [2.45, 2.75) is 45.6 Å². The van der Waals surface area contributed by atoms with Gasteiger partial charge in [-0.15, -0.1) is 0 Å². The number of carbonyl (C=O) groups is 1. The van der Waals surface area contributed by atoms with Gasteiger partial charge in [-0.25, -0.2) is 9.97 Å². The number of anilines is 1. The number of benzene rings is 1. The molecule has 0 unspecified atom stereocenters. The standard InChI is InChI=1S/C21H28N4O/c1-21(2,3)24-19-15-22-18(14-23-19)20(26)25-11-9-17(10-12-25)13-16-7-5-4-6-8-16/h4-8,14-15,17H,9-13H2,1-3H3,(H,23,24). The Hall–Kier alpha value is -2.43. The normalized spacial score (nSPS) is 15.7. The molecule has 0 spiro atoms. The predicted molar refractivity (Wildman–Crippen MR) is 104 cm³/mol. The second-order valence-electron chi connectivity index (χ2n) is 8.09. The van der Waals surface area contributed by atoms with Gasteiger partial charge in [-0.2, -0.15) is 0 Å². The predicted octanol–water partition coefficient (Wildman–Crippen LogP) is 3.78. The summed E-state index contributed by atoms with van der Waals surface area (Å²) in [5.74, 6) is 1.32. The molecule has 5 nitrogen and oxygen atoms in total. The van der Waals surface area contributed by atoms with Crippen LogP contribution in [-0.2, 0) is 6.42 Å². The Balaban J connectivity index is 1.53. The van der Waals surface area contributed by atoms with Crippen LogP contribution in [0, 0.1) is 5.92 Å². The highest BCUT2D eigenvalue weighted by molar-refractivity contribution is 5.92. The van der Waals surface area contributed by atoms with Gasteiger partial charge in [0.2, 0.25) is 0 Å². The number of hydrogen-bond acceptors (Lipinski definition) is 4. The summed E-state index contributed by atoms with van der Waals surface area (Å²) < 4.78 is 0. The molecule has 1 aromatic heterocycles. The number of carbonyl (C=O) groups excluding carboxylic acids is 1. The van der Waals surface area contributed by atoms with Crippen molar-refractivity contribution < 1.29 is 4.79 Å². The Labute approximate surface area is 155 Å². The van der Waals surface area contributed by atoms with Crippen LogP contribution in [0.3, 0.4) is 0 Å². The van der Waals surface area contributed by atoms with Crippen molar-refractivity contribution in [3.8, 4) is 0 Å². The number of likely N-dealkylation sites (tertiary alicyclic amines) is 1. The summed E-state index contributed by atoms with van der Waals surface area (Å²) >= 11 is 0. The highest BCUT2D eigenvalue weighted by atomic mass is 16.2. The third kappa shape index (κ3) is 5.04. The number of nitrogens with zero attached hydrogens (tertiary/aromatic N) is 3. The molecule has 3 rings (SSSR count). The lowest BCUT2D eigenvalue weighted by atomic mass is 9.90. The van der Waals surface area contributed by atoms with E-state index in [1.165, 1.54) is 5.56 Å². The lowest BCUT2D eigenvalue weighted by Crippen LogP contribution is -2.39. The number of rotatable bonds is 4. The van der Waals surface area contributed by atoms with E-state index in [1.807, 2.05) is 11.0 Å². The topological polar surface area (TPSA) is 58.1 Å². The molecule has 26 heavy (non-hydrogen) atoms. The number of amides is 1. The highest BCUT2D eigenvalue weighted by Crippen LogP contribution is 2.22. The number of nitrogens with one attached hydrogen (secondary N) is 1. The number of hydrogen-bond donors (Lipinski definition) is 1. The summed E-state index contributed by atoms with van der Waals surface area (Å²) in [6, 6.07) is 10.6. The molecule has 2 heterocycles. The molecule has 1 fully saturated rings. The first-order chi connectivity index (χ1) is 12.4. The average molecular weight is 352 g/mol. The Morgan fingerprint density at radius 3 is 2.38 bits per heavy atom. The van der Waals surface area contributed by atoms with Crippen molar-refractivity contribution in [2.24, 2.45) is 5.92 Å². The molecule has 138 valence electrons. The van der Waals surface area contributed by atoms with Crippen molar-refractivity contribution in [3.63, 3.8) is 0 Å². The SMILES string of the molecule is CC(C)(C)Nc1cnc(C(=O)N2CCC(Cc3ccccc3)CC2)cn1. The van der Waals surface area contributed by atoms with Gasteiger partial charge in [0.15, 0.2) is 0 Å². The second kappa shape index (κ2) is 7.85. The molecule has 1 aliphatic heterocycles. The third-order valence-corrected chi connectivity index (χ3v) is 4.64. The summed E-state index contributed by atoms with van der Waals surface area (Å²) in [6.07, 6.45) is 6.39. The molecule has 1 N–H and O–H groups in total. The molecule has 0 aliphatic carbocycles. The van der Waals surface area contributed by atoms with E-state index in [0.29, 0.717) is 17.4 Å². The zero-order chi connectivity index (χ0) is 18.6. The molecule has 0 saturated carbocycles. The maximum atomic E-state index is 12.7. The fourth-order valence-electron chi connectivity index (χ4n) is 3.34. The van der Waals surface area contributed by atoms with E-state index in [9.17, 15) is 4.79 Å². The maximum absolute atomic E-state index is 12.7. The van der Waals surface area contributed by atoms with Gasteiger partial charge < -0.3 is 10.2 Å². The first-order valence-corrected chi connectivity index (χ1v) is 9.34. The van der Waals surface area contributed by atoms with E-state index < -0.39 is 0 Å². The van der Waals surface area contributed by atoms with E-state index in [-0.39, 0.29) is 11.4 Å². The van der Waals surface area contributed by atoms with Crippen LogP contribution in [0.5, 0.6) is 0 Å². The van der Waals surface area contributed by atoms with Gasteiger partial charge in [0.05, 0.1) is 12.4 Å². The Bertz CT molecular complexity index is 714. The molecule has 1 saturated heterocycles. The zero-order valence-electron chi connectivity index (χ0n) is 15.9. The van der Waals surface area contributed by atoms with Gasteiger partial charge >= 0.3 is 0 Å². The van der Waals surface area contributed by atoms with E-state index >= 15 is 0 Å². The lowest BCUT2D eigenvalue weighted by Gasteiger charge is -2.32. The highest BCUT2D eigenvalue weighted by Gasteiger charge is 2.24. The second-order valence-corrected chi connectivity index (χ2v) is 8.09. The molecule has 2 aromatic rings. The van der Waals surface area contributed by atoms with Crippen LogP contribution in [-0.4, -0.2) is 39.4 Å². The van der Waals surface area contributed by atoms with Crippen molar-refractivity contribution >= 4 is 11.7 Å². The molecular weight excluding hydrogens is 324 g/mol. The van der Waals surface area contributed by atoms with Crippen molar-refractivity contribution in [1.29, 1.82) is 0 Å². The van der Waals surface area contributed by atoms with Crippen LogP contribution in [0.4, 0.5) is 5.82 Å². The van der Waals surface area contributed by atoms with E-state index in [0.717, 1.165) is 32.4 Å². The quantitative estimate of drug-likeness (QED) is 0.910. The van der Waals surface area contributed by atoms with Gasteiger partial charge in [0.1, 0.15) is 11.5 Å². The summed E-state index contributed by atoms with van der Waals surface area (Å²) in [7, 11) is 0. The van der Waals surface area contributed by atoms with Crippen LogP contribution in [0.2, 0.25) is 0 Å². The molecular formula is C21H28N4O. The molecule has 1 amide bonds. The largest absolute Gasteiger partial charge is 0.364 e. The average Bonchev–Trinajstić information content (AvgIpc) is 2.62. The minimum absolute atomic E-state index is 0.0158. The Morgan fingerprint density at radius 1 is 1.12 bits per heavy atom. The smallest absolute Gasteiger partial charge is 0.274 e. The maximum Gasteiger partial charge on any atom is 0.274 e. The van der Waals surface area contributed by atoms with Crippen molar-refractivity contribution in [3.05, 3.63) is 54.0 Å². The lowest BCUT2D eigenvalue weighted by molar-refractivity contribution is 0.0684. The minimum atomic E-state index is -0.0825. The zero-order valence-corrected chi connectivity index (χ0v) is 15.9. The Kier molecular flexibility index (Phi) is 5.55. The summed E-state index contributed by atoms with van der Waals surface area (Å²) in [5, 5.41) is 3.26. The third-order valence-electron chi connectivity index (χ3n) is 4.64. The van der Waals surface area contributed by atoms with Crippen LogP contribution in [0.1, 0.15) is 49.7 Å². The fourth-order valence-corrected chi connectivity index (χ4v) is 3.34. The molecule has 5 heteroatoms. The molecule has 0 atom stereocenters.